The predicted molar refractivity (Wildman–Crippen MR) is 102 cm³/mol. The van der Waals surface area contributed by atoms with E-state index in [4.69, 9.17) is 0 Å². The van der Waals surface area contributed by atoms with Crippen LogP contribution in [0.15, 0.2) is 24.3 Å². The topological polar surface area (TPSA) is 23.6 Å². The summed E-state index contributed by atoms with van der Waals surface area (Å²) in [6, 6.07) is 8.89. The second-order valence-corrected chi connectivity index (χ2v) is 7.81. The van der Waals surface area contributed by atoms with Crippen molar-refractivity contribution in [2.45, 2.75) is 59.9 Å². The maximum absolute atomic E-state index is 12.9. The molecule has 1 saturated heterocycles. The fourth-order valence-electron chi connectivity index (χ4n) is 3.56. The van der Waals surface area contributed by atoms with Crippen LogP contribution in [0, 0.1) is 11.8 Å². The lowest BCUT2D eigenvalue weighted by molar-refractivity contribution is -0.122. The number of carbonyl (C=O) groups is 1. The molecule has 0 aromatic heterocycles. The van der Waals surface area contributed by atoms with Crippen molar-refractivity contribution in [2.75, 3.05) is 24.5 Å². The molecule has 0 aliphatic carbocycles. The van der Waals surface area contributed by atoms with Gasteiger partial charge in [-0.05, 0) is 42.9 Å². The molecule has 1 heterocycles. The standard InChI is InChI=1S/C21H34N2O/c1-6-18-7-9-19(10-8-18)23(21(24)17(4)5)20-11-13-22(14-12-20)15-16(2)3/h7-10,16-17,20H,6,11-15H2,1-5H3. The van der Waals surface area contributed by atoms with Gasteiger partial charge in [0.1, 0.15) is 0 Å². The average Bonchev–Trinajstić information content (AvgIpc) is 2.56. The highest BCUT2D eigenvalue weighted by Crippen LogP contribution is 2.26. The van der Waals surface area contributed by atoms with E-state index in [1.807, 2.05) is 13.8 Å². The Bertz CT molecular complexity index is 513. The number of aryl methyl sites for hydroxylation is 1. The summed E-state index contributed by atoms with van der Waals surface area (Å²) in [5, 5.41) is 0. The van der Waals surface area contributed by atoms with Crippen molar-refractivity contribution in [3.05, 3.63) is 29.8 Å². The van der Waals surface area contributed by atoms with Crippen LogP contribution in [-0.2, 0) is 11.2 Å². The molecule has 1 amide bonds. The molecular weight excluding hydrogens is 296 g/mol. The first kappa shape index (κ1) is 19.0. The Kier molecular flexibility index (Phi) is 6.85. The zero-order valence-electron chi connectivity index (χ0n) is 16.1. The zero-order chi connectivity index (χ0) is 17.7. The van der Waals surface area contributed by atoms with E-state index in [2.05, 4.69) is 54.8 Å². The zero-order valence-corrected chi connectivity index (χ0v) is 16.1. The van der Waals surface area contributed by atoms with E-state index in [1.165, 1.54) is 5.56 Å². The Labute approximate surface area is 148 Å². The van der Waals surface area contributed by atoms with Gasteiger partial charge >= 0.3 is 0 Å². The summed E-state index contributed by atoms with van der Waals surface area (Å²) in [5.74, 6) is 0.989. The van der Waals surface area contributed by atoms with E-state index >= 15 is 0 Å². The third-order valence-electron chi connectivity index (χ3n) is 4.90. The smallest absolute Gasteiger partial charge is 0.229 e. The van der Waals surface area contributed by atoms with Gasteiger partial charge in [-0.2, -0.15) is 0 Å². The van der Waals surface area contributed by atoms with E-state index in [1.54, 1.807) is 0 Å². The Morgan fingerprint density at radius 1 is 1.12 bits per heavy atom. The van der Waals surface area contributed by atoms with Crippen LogP contribution >= 0.6 is 0 Å². The Hall–Kier alpha value is -1.35. The molecular formula is C21H34N2O. The van der Waals surface area contributed by atoms with Gasteiger partial charge in [-0.15, -0.1) is 0 Å². The predicted octanol–water partition coefficient (Wildman–Crippen LogP) is 4.36. The quantitative estimate of drug-likeness (QED) is 0.774. The number of anilines is 1. The number of likely N-dealkylation sites (tertiary alicyclic amines) is 1. The molecule has 2 rings (SSSR count). The van der Waals surface area contributed by atoms with Crippen LogP contribution in [-0.4, -0.2) is 36.5 Å². The molecule has 134 valence electrons. The van der Waals surface area contributed by atoms with Gasteiger partial charge in [0.2, 0.25) is 5.91 Å². The van der Waals surface area contributed by atoms with Gasteiger partial charge in [-0.25, -0.2) is 0 Å². The summed E-state index contributed by atoms with van der Waals surface area (Å²) in [6.07, 6.45) is 3.17. The van der Waals surface area contributed by atoms with Crippen molar-refractivity contribution in [3.63, 3.8) is 0 Å². The second-order valence-electron chi connectivity index (χ2n) is 7.81. The van der Waals surface area contributed by atoms with Gasteiger partial charge in [0, 0.05) is 37.3 Å². The fraction of sp³-hybridized carbons (Fsp3) is 0.667. The number of carbonyl (C=O) groups excluding carboxylic acids is 1. The van der Waals surface area contributed by atoms with Crippen LogP contribution < -0.4 is 4.90 Å². The number of hydrogen-bond acceptors (Lipinski definition) is 2. The summed E-state index contributed by atoms with van der Waals surface area (Å²) in [5.41, 5.74) is 2.38. The maximum Gasteiger partial charge on any atom is 0.229 e. The van der Waals surface area contributed by atoms with E-state index in [-0.39, 0.29) is 11.8 Å². The van der Waals surface area contributed by atoms with Gasteiger partial charge in [0.25, 0.3) is 0 Å². The number of nitrogens with zero attached hydrogens (tertiary/aromatic N) is 2. The SMILES string of the molecule is CCc1ccc(N(C(=O)C(C)C)C2CCN(CC(C)C)CC2)cc1. The van der Waals surface area contributed by atoms with Gasteiger partial charge < -0.3 is 9.80 Å². The van der Waals surface area contributed by atoms with E-state index in [0.29, 0.717) is 12.0 Å². The normalized spacial score (nSPS) is 16.8. The van der Waals surface area contributed by atoms with E-state index < -0.39 is 0 Å². The number of piperidine rings is 1. The Morgan fingerprint density at radius 2 is 1.71 bits per heavy atom. The third kappa shape index (κ3) is 4.83. The monoisotopic (exact) mass is 330 g/mol. The van der Waals surface area contributed by atoms with Gasteiger partial charge in [-0.1, -0.05) is 46.8 Å². The van der Waals surface area contributed by atoms with Gasteiger partial charge in [0.05, 0.1) is 0 Å². The molecule has 1 aliphatic heterocycles. The van der Waals surface area contributed by atoms with Crippen LogP contribution in [0.25, 0.3) is 0 Å². The molecule has 0 unspecified atom stereocenters. The molecule has 0 radical (unpaired) electrons. The van der Waals surface area contributed by atoms with Crippen molar-refractivity contribution in [3.8, 4) is 0 Å². The molecule has 1 aromatic rings. The van der Waals surface area contributed by atoms with Crippen LogP contribution in [0.4, 0.5) is 5.69 Å². The first-order chi connectivity index (χ1) is 11.4. The number of rotatable bonds is 6. The fourth-order valence-corrected chi connectivity index (χ4v) is 3.56. The summed E-state index contributed by atoms with van der Waals surface area (Å²) >= 11 is 0. The highest BCUT2D eigenvalue weighted by molar-refractivity contribution is 5.95. The van der Waals surface area contributed by atoms with Crippen molar-refractivity contribution in [1.82, 2.24) is 4.90 Å². The molecule has 24 heavy (non-hydrogen) atoms. The van der Waals surface area contributed by atoms with Crippen LogP contribution in [0.3, 0.4) is 0 Å². The van der Waals surface area contributed by atoms with E-state index in [0.717, 1.165) is 44.6 Å². The second kappa shape index (κ2) is 8.66. The molecule has 1 aliphatic rings. The first-order valence-electron chi connectivity index (χ1n) is 9.56. The molecule has 3 heteroatoms. The lowest BCUT2D eigenvalue weighted by atomic mass is 9.99. The maximum atomic E-state index is 12.9. The minimum Gasteiger partial charge on any atom is -0.309 e. The van der Waals surface area contributed by atoms with Crippen LogP contribution in [0.2, 0.25) is 0 Å². The summed E-state index contributed by atoms with van der Waals surface area (Å²) in [7, 11) is 0. The summed E-state index contributed by atoms with van der Waals surface area (Å²) in [6.45, 7) is 14.1. The van der Waals surface area contributed by atoms with Crippen LogP contribution in [0.5, 0.6) is 0 Å². The Morgan fingerprint density at radius 3 is 2.17 bits per heavy atom. The molecule has 1 aromatic carbocycles. The number of hydrogen-bond donors (Lipinski definition) is 0. The molecule has 0 saturated carbocycles. The lowest BCUT2D eigenvalue weighted by Crippen LogP contribution is -2.49. The average molecular weight is 331 g/mol. The van der Waals surface area contributed by atoms with Gasteiger partial charge in [0.15, 0.2) is 0 Å². The summed E-state index contributed by atoms with van der Waals surface area (Å²) in [4.78, 5) is 17.5. The van der Waals surface area contributed by atoms with Crippen molar-refractivity contribution in [1.29, 1.82) is 0 Å². The van der Waals surface area contributed by atoms with Gasteiger partial charge in [-0.3, -0.25) is 4.79 Å². The van der Waals surface area contributed by atoms with E-state index in [9.17, 15) is 4.79 Å². The highest BCUT2D eigenvalue weighted by Gasteiger charge is 2.30. The third-order valence-corrected chi connectivity index (χ3v) is 4.90. The molecule has 0 atom stereocenters. The molecule has 0 bridgehead atoms. The van der Waals surface area contributed by atoms with Crippen molar-refractivity contribution < 1.29 is 4.79 Å². The summed E-state index contributed by atoms with van der Waals surface area (Å²) < 4.78 is 0. The molecule has 0 spiro atoms. The first-order valence-corrected chi connectivity index (χ1v) is 9.56. The van der Waals surface area contributed by atoms with Crippen LogP contribution in [0.1, 0.15) is 53.0 Å². The number of amides is 1. The van der Waals surface area contributed by atoms with Crippen molar-refractivity contribution >= 4 is 11.6 Å². The molecule has 3 nitrogen and oxygen atoms in total. The minimum atomic E-state index is 0.0320. The molecule has 1 fully saturated rings. The highest BCUT2D eigenvalue weighted by atomic mass is 16.2. The Balaban J connectivity index is 2.13. The largest absolute Gasteiger partial charge is 0.309 e. The minimum absolute atomic E-state index is 0.0320. The lowest BCUT2D eigenvalue weighted by Gasteiger charge is -2.39. The number of benzene rings is 1. The van der Waals surface area contributed by atoms with Crippen molar-refractivity contribution in [2.24, 2.45) is 11.8 Å². The molecule has 0 N–H and O–H groups in total.